The van der Waals surface area contributed by atoms with E-state index >= 15 is 0 Å². The number of rotatable bonds is 8. The van der Waals surface area contributed by atoms with Gasteiger partial charge in [-0.2, -0.15) is 0 Å². The summed E-state index contributed by atoms with van der Waals surface area (Å²) in [7, 11) is 3.47. The molecule has 0 unspecified atom stereocenters. The highest BCUT2D eigenvalue weighted by Gasteiger charge is 2.27. The van der Waals surface area contributed by atoms with Crippen LogP contribution in [0.15, 0.2) is 54.6 Å². The number of esters is 1. The minimum absolute atomic E-state index is 0.0874. The summed E-state index contributed by atoms with van der Waals surface area (Å²) in [4.78, 5) is 26.5. The average molecular weight is 528 g/mol. The molecule has 1 N–H and O–H groups in total. The Hall–Kier alpha value is -4.40. The molecule has 202 valence electrons. The van der Waals surface area contributed by atoms with E-state index in [1.165, 1.54) is 18.1 Å². The van der Waals surface area contributed by atoms with Gasteiger partial charge < -0.3 is 19.7 Å². The molecule has 0 aliphatic carbocycles. The van der Waals surface area contributed by atoms with Crippen molar-refractivity contribution in [2.45, 2.75) is 39.2 Å². The van der Waals surface area contributed by atoms with E-state index in [9.17, 15) is 9.59 Å². The summed E-state index contributed by atoms with van der Waals surface area (Å²) in [6.07, 6.45) is 1.05. The Bertz CT molecular complexity index is 1510. The predicted molar refractivity (Wildman–Crippen MR) is 150 cm³/mol. The fraction of sp³-hybridized carbons (Fsp3) is 0.333. The van der Waals surface area contributed by atoms with Crippen molar-refractivity contribution in [3.8, 4) is 5.75 Å². The van der Waals surface area contributed by atoms with E-state index < -0.39 is 0 Å². The van der Waals surface area contributed by atoms with Crippen LogP contribution in [0.2, 0.25) is 0 Å². The van der Waals surface area contributed by atoms with Gasteiger partial charge in [0.25, 0.3) is 0 Å². The Kier molecular flexibility index (Phi) is 7.49. The summed E-state index contributed by atoms with van der Waals surface area (Å²) in [5, 5.41) is 11.3. The van der Waals surface area contributed by atoms with E-state index in [0.717, 1.165) is 53.0 Å². The number of methoxy groups -OCH3 is 1. The number of anilines is 2. The maximum absolute atomic E-state index is 12.8. The molecule has 9 nitrogen and oxygen atoms in total. The van der Waals surface area contributed by atoms with Gasteiger partial charge >= 0.3 is 5.97 Å². The molecule has 1 aliphatic rings. The predicted octanol–water partition coefficient (Wildman–Crippen LogP) is 4.58. The molecule has 0 fully saturated rings. The molecule has 4 aromatic rings. The number of carbonyl (C=O) groups is 2. The van der Waals surface area contributed by atoms with E-state index in [4.69, 9.17) is 9.47 Å². The number of ether oxygens (including phenoxy) is 2. The Labute approximate surface area is 227 Å². The van der Waals surface area contributed by atoms with Crippen LogP contribution in [-0.2, 0) is 34.3 Å². The second-order valence-electron chi connectivity index (χ2n) is 9.75. The van der Waals surface area contributed by atoms with E-state index in [2.05, 4.69) is 38.7 Å². The number of nitrogens with zero attached hydrogens (tertiary/aromatic N) is 4. The Morgan fingerprint density at radius 2 is 1.92 bits per heavy atom. The Morgan fingerprint density at radius 3 is 2.64 bits per heavy atom. The molecule has 0 bridgehead atoms. The summed E-state index contributed by atoms with van der Waals surface area (Å²) in [6, 6.07) is 18.2. The van der Waals surface area contributed by atoms with Crippen molar-refractivity contribution in [3.63, 3.8) is 0 Å². The van der Waals surface area contributed by atoms with Crippen LogP contribution >= 0.6 is 0 Å². The van der Waals surface area contributed by atoms with Crippen LogP contribution in [0.4, 0.5) is 11.4 Å². The van der Waals surface area contributed by atoms with E-state index in [1.54, 1.807) is 11.8 Å². The van der Waals surface area contributed by atoms with Gasteiger partial charge in [-0.3, -0.25) is 9.59 Å². The number of hydrogen-bond acceptors (Lipinski definition) is 7. The van der Waals surface area contributed by atoms with Gasteiger partial charge in [0.15, 0.2) is 0 Å². The van der Waals surface area contributed by atoms with Crippen molar-refractivity contribution in [3.05, 3.63) is 76.9 Å². The first-order chi connectivity index (χ1) is 18.9. The highest BCUT2D eigenvalue weighted by molar-refractivity contribution is 5.88. The quantitative estimate of drug-likeness (QED) is 0.335. The summed E-state index contributed by atoms with van der Waals surface area (Å²) >= 11 is 0. The van der Waals surface area contributed by atoms with Crippen LogP contribution in [-0.4, -0.2) is 47.1 Å². The first-order valence-electron chi connectivity index (χ1n) is 13.1. The SMILES string of the molecule is CCOC(=O)C[C@H](c1cc(OC)c2c(c1)nnn2C)c1cccc2c1CCN(c1ccc(NC(C)=O)cc1)C2. The lowest BCUT2D eigenvalue weighted by atomic mass is 9.82. The summed E-state index contributed by atoms with van der Waals surface area (Å²) in [5.74, 6) is 0.121. The van der Waals surface area contributed by atoms with E-state index in [1.807, 2.05) is 50.4 Å². The maximum Gasteiger partial charge on any atom is 0.306 e. The van der Waals surface area contributed by atoms with Crippen molar-refractivity contribution >= 4 is 34.3 Å². The molecule has 3 aromatic carbocycles. The topological polar surface area (TPSA) is 98.6 Å². The van der Waals surface area contributed by atoms with Crippen molar-refractivity contribution in [2.24, 2.45) is 7.05 Å². The van der Waals surface area contributed by atoms with Crippen LogP contribution < -0.4 is 15.0 Å². The van der Waals surface area contributed by atoms with Crippen molar-refractivity contribution in [2.75, 3.05) is 30.5 Å². The highest BCUT2D eigenvalue weighted by atomic mass is 16.5. The molecule has 0 spiro atoms. The largest absolute Gasteiger partial charge is 0.494 e. The van der Waals surface area contributed by atoms with Crippen LogP contribution in [0, 0.1) is 0 Å². The standard InChI is InChI=1S/C30H33N5O4/c1-5-39-29(37)17-26(21-15-27-30(28(16-21)38-4)34(3)33-32-27)25-8-6-7-20-18-35(14-13-24(20)25)23-11-9-22(10-12-23)31-19(2)36/h6-12,15-16,26H,5,13-14,17-18H2,1-4H3,(H,31,36)/t26-/m1/s1. The van der Waals surface area contributed by atoms with Crippen LogP contribution in [0.3, 0.4) is 0 Å². The lowest BCUT2D eigenvalue weighted by molar-refractivity contribution is -0.143. The number of carbonyl (C=O) groups excluding carboxylic acids is 2. The highest BCUT2D eigenvalue weighted by Crippen LogP contribution is 2.38. The van der Waals surface area contributed by atoms with Gasteiger partial charge in [-0.25, -0.2) is 4.68 Å². The minimum atomic E-state index is -0.241. The molecular weight excluding hydrogens is 494 g/mol. The Morgan fingerprint density at radius 1 is 1.13 bits per heavy atom. The summed E-state index contributed by atoms with van der Waals surface area (Å²) < 4.78 is 12.8. The number of amides is 1. The van der Waals surface area contributed by atoms with Gasteiger partial charge in [-0.15, -0.1) is 5.10 Å². The smallest absolute Gasteiger partial charge is 0.306 e. The molecule has 0 saturated heterocycles. The fourth-order valence-corrected chi connectivity index (χ4v) is 5.47. The monoisotopic (exact) mass is 527 g/mol. The molecule has 0 radical (unpaired) electrons. The molecule has 5 rings (SSSR count). The van der Waals surface area contributed by atoms with Crippen LogP contribution in [0.1, 0.15) is 48.4 Å². The van der Waals surface area contributed by atoms with Crippen LogP contribution in [0.5, 0.6) is 5.75 Å². The second kappa shape index (κ2) is 11.1. The zero-order valence-electron chi connectivity index (χ0n) is 22.7. The lowest BCUT2D eigenvalue weighted by Gasteiger charge is -2.33. The number of aromatic nitrogens is 3. The second-order valence-corrected chi connectivity index (χ2v) is 9.75. The molecule has 39 heavy (non-hydrogen) atoms. The number of nitrogens with one attached hydrogen (secondary N) is 1. The lowest BCUT2D eigenvalue weighted by Crippen LogP contribution is -2.31. The minimum Gasteiger partial charge on any atom is -0.494 e. The summed E-state index contributed by atoms with van der Waals surface area (Å²) in [5.41, 5.74) is 7.96. The third-order valence-electron chi connectivity index (χ3n) is 7.22. The van der Waals surface area contributed by atoms with Crippen molar-refractivity contribution in [1.82, 2.24) is 15.0 Å². The third kappa shape index (κ3) is 5.43. The first kappa shape index (κ1) is 26.2. The fourth-order valence-electron chi connectivity index (χ4n) is 5.47. The number of aryl methyl sites for hydroxylation is 1. The molecule has 1 aliphatic heterocycles. The average Bonchev–Trinajstić information content (AvgIpc) is 3.31. The summed E-state index contributed by atoms with van der Waals surface area (Å²) in [6.45, 7) is 5.25. The van der Waals surface area contributed by atoms with Gasteiger partial charge in [0.2, 0.25) is 5.91 Å². The van der Waals surface area contributed by atoms with E-state index in [-0.39, 0.29) is 24.2 Å². The zero-order valence-corrected chi connectivity index (χ0v) is 22.7. The first-order valence-corrected chi connectivity index (χ1v) is 13.1. The normalized spacial score (nSPS) is 13.6. The van der Waals surface area contributed by atoms with Crippen molar-refractivity contribution in [1.29, 1.82) is 0 Å². The molecular formula is C30H33N5O4. The molecule has 9 heteroatoms. The van der Waals surface area contributed by atoms with Gasteiger partial charge in [0, 0.05) is 44.4 Å². The van der Waals surface area contributed by atoms with Gasteiger partial charge in [0.1, 0.15) is 16.8 Å². The number of hydrogen-bond donors (Lipinski definition) is 1. The van der Waals surface area contributed by atoms with Gasteiger partial charge in [-0.1, -0.05) is 23.4 Å². The van der Waals surface area contributed by atoms with Gasteiger partial charge in [0.05, 0.1) is 20.1 Å². The molecule has 1 aromatic heterocycles. The molecule has 1 atom stereocenters. The number of benzene rings is 3. The van der Waals surface area contributed by atoms with Crippen LogP contribution in [0.25, 0.3) is 11.0 Å². The van der Waals surface area contributed by atoms with Gasteiger partial charge in [-0.05, 0) is 72.0 Å². The maximum atomic E-state index is 12.8. The third-order valence-corrected chi connectivity index (χ3v) is 7.22. The molecule has 2 heterocycles. The van der Waals surface area contributed by atoms with Crippen molar-refractivity contribution < 1.29 is 19.1 Å². The molecule has 0 saturated carbocycles. The number of fused-ring (bicyclic) bond motifs is 2. The zero-order chi connectivity index (χ0) is 27.5. The van der Waals surface area contributed by atoms with E-state index in [0.29, 0.717) is 12.4 Å². The molecule has 1 amide bonds. The Balaban J connectivity index is 1.50.